The van der Waals surface area contributed by atoms with Crippen LogP contribution in [0.5, 0.6) is 0 Å². The minimum atomic E-state index is 1.12. The van der Waals surface area contributed by atoms with Gasteiger partial charge in [0.25, 0.3) is 0 Å². The summed E-state index contributed by atoms with van der Waals surface area (Å²) in [5, 5.41) is 14.0. The van der Waals surface area contributed by atoms with Gasteiger partial charge in [-0.05, 0) is 41.7 Å². The lowest BCUT2D eigenvalue weighted by Gasteiger charge is -1.91. The van der Waals surface area contributed by atoms with Crippen molar-refractivity contribution in [2.45, 2.75) is 0 Å². The Bertz CT molecular complexity index is 2280. The van der Waals surface area contributed by atoms with E-state index in [1.54, 1.807) is 0 Å². The molecule has 4 aromatic heterocycles. The Kier molecular flexibility index (Phi) is 6.76. The SMILES string of the molecule is c1cc2ccc1=c1cc[n+](cc1)=c1ccc(cc1)=[n+]1ccc(cc1)=c1ccc(cc1)=c1cc[n+](cc1)=c1ccc(cc1)=[n+]1ccc=2cc1. The molecule has 0 saturated carbocycles. The van der Waals surface area contributed by atoms with Gasteiger partial charge in [-0.2, -0.15) is 17.0 Å². The van der Waals surface area contributed by atoms with Crippen LogP contribution in [0.3, 0.4) is 0 Å². The standard InChI is InChI=1S/C44H32N4/c1-2-34-4-3-33(1)37-17-25-45(26-18-37)41-9-11-43(12-10-41)47-29-21-39(22-30-47)35-5-7-36(8-6-35)40-23-31-48(32-24-40)44-15-13-42(14-16-44)46-27-19-38(34)20-28-46/h1-32H/q+4. The van der Waals surface area contributed by atoms with Gasteiger partial charge in [0.05, 0.1) is 0 Å². The zero-order valence-corrected chi connectivity index (χ0v) is 26.3. The van der Waals surface area contributed by atoms with E-state index >= 15 is 0 Å². The van der Waals surface area contributed by atoms with Gasteiger partial charge in [0.2, 0.25) is 21.4 Å². The van der Waals surface area contributed by atoms with Crippen LogP contribution in [0.25, 0.3) is 0 Å². The van der Waals surface area contributed by atoms with Gasteiger partial charge in [-0.3, -0.25) is 0 Å². The minimum absolute atomic E-state index is 1.12. The lowest BCUT2D eigenvalue weighted by molar-refractivity contribution is -0.513. The number of rotatable bonds is 0. The van der Waals surface area contributed by atoms with E-state index in [2.05, 4.69) is 212 Å². The molecule has 0 N–H and O–H groups in total. The summed E-state index contributed by atoms with van der Waals surface area (Å²) in [6.45, 7) is 0. The third-order valence-electron chi connectivity index (χ3n) is 9.31. The predicted molar refractivity (Wildman–Crippen MR) is 180 cm³/mol. The molecule has 48 heavy (non-hydrogen) atoms. The first-order valence-corrected chi connectivity index (χ1v) is 16.2. The van der Waals surface area contributed by atoms with Gasteiger partial charge in [-0.1, -0.05) is 48.5 Å². The summed E-state index contributed by atoms with van der Waals surface area (Å²) >= 11 is 0. The molecule has 0 spiro atoms. The van der Waals surface area contributed by atoms with Crippen molar-refractivity contribution >= 4 is 0 Å². The Morgan fingerprint density at radius 1 is 0.167 bits per heavy atom. The van der Waals surface area contributed by atoms with Crippen LogP contribution in [0.1, 0.15) is 0 Å². The van der Waals surface area contributed by atoms with Gasteiger partial charge in [0.15, 0.2) is 49.6 Å². The van der Waals surface area contributed by atoms with Crippen LogP contribution >= 0.6 is 0 Å². The maximum atomic E-state index is 2.20. The van der Waals surface area contributed by atoms with Gasteiger partial charge >= 0.3 is 0 Å². The van der Waals surface area contributed by atoms with Gasteiger partial charge in [-0.15, -0.1) is 0 Å². The second kappa shape index (κ2) is 11.7. The van der Waals surface area contributed by atoms with E-state index in [1.807, 2.05) is 0 Å². The molecule has 4 aromatic carbocycles. The van der Waals surface area contributed by atoms with Crippen molar-refractivity contribution in [1.29, 1.82) is 0 Å². The van der Waals surface area contributed by atoms with Crippen molar-refractivity contribution in [3.8, 4) is 0 Å². The van der Waals surface area contributed by atoms with Crippen LogP contribution in [0.4, 0.5) is 0 Å². The number of benzene rings is 4. The first-order valence-electron chi connectivity index (χ1n) is 16.2. The third kappa shape index (κ3) is 5.25. The molecule has 4 heteroatoms. The number of nitrogens with zero attached hydrogens (tertiary/aromatic N) is 4. The highest BCUT2D eigenvalue weighted by molar-refractivity contribution is 5.18. The average molecular weight is 617 g/mol. The summed E-state index contributed by atoms with van der Waals surface area (Å²) in [6, 6.07) is 52.3. The molecule has 0 aliphatic carbocycles. The second-order valence-corrected chi connectivity index (χ2v) is 12.2. The fraction of sp³-hybridized carbons (Fsp3) is 0. The molecule has 0 atom stereocenters. The van der Waals surface area contributed by atoms with Crippen molar-refractivity contribution in [2.24, 2.45) is 0 Å². The maximum absolute atomic E-state index is 2.20. The lowest BCUT2D eigenvalue weighted by atomic mass is 10.2. The fourth-order valence-electron chi connectivity index (χ4n) is 6.47. The molecule has 16 bridgehead atoms. The van der Waals surface area contributed by atoms with E-state index in [0.717, 1.165) is 21.4 Å². The summed E-state index contributed by atoms with van der Waals surface area (Å²) in [6.07, 6.45) is 17.0. The van der Waals surface area contributed by atoms with Crippen LogP contribution in [-0.4, -0.2) is 0 Å². The van der Waals surface area contributed by atoms with Crippen molar-refractivity contribution < 1.29 is 17.0 Å². The van der Waals surface area contributed by atoms with E-state index in [1.165, 1.54) is 41.7 Å². The minimum Gasteiger partial charge on any atom is -0.167 e. The molecule has 0 amide bonds. The molecule has 26 heterocycles. The number of aromatic nitrogens is 4. The van der Waals surface area contributed by atoms with Gasteiger partial charge in [0.1, 0.15) is 0 Å². The summed E-state index contributed by atoms with van der Waals surface area (Å²) < 4.78 is 8.62. The topological polar surface area (TPSA) is 23.6 Å². The zero-order chi connectivity index (χ0) is 31.9. The molecule has 4 nitrogen and oxygen atoms in total. The molecule has 0 fully saturated rings. The molecule has 0 unspecified atom stereocenters. The largest absolute Gasteiger partial charge is 0.211 e. The molecule has 0 radical (unpaired) electrons. The maximum Gasteiger partial charge on any atom is 0.211 e. The molecule has 30 rings (SSSR count). The van der Waals surface area contributed by atoms with Crippen LogP contribution in [-0.2, 0) is 0 Å². The van der Waals surface area contributed by atoms with E-state index in [-0.39, 0.29) is 0 Å². The zero-order valence-electron chi connectivity index (χ0n) is 26.3. The highest BCUT2D eigenvalue weighted by Gasteiger charge is 2.00. The summed E-state index contributed by atoms with van der Waals surface area (Å²) in [7, 11) is 0. The molecular formula is C44H32N4+4. The third-order valence-corrected chi connectivity index (χ3v) is 9.31. The molecule has 0 saturated heterocycles. The number of hydrogen-bond acceptors (Lipinski definition) is 0. The Hall–Kier alpha value is -6.52. The Labute approximate surface area is 274 Å². The predicted octanol–water partition coefficient (Wildman–Crippen LogP) is 5.49. The first-order chi connectivity index (χ1) is 23.7. The van der Waals surface area contributed by atoms with E-state index < -0.39 is 0 Å². The molecule has 8 aromatic rings. The molecule has 22 aliphatic heterocycles. The Balaban J connectivity index is 1.30. The van der Waals surface area contributed by atoms with E-state index in [4.69, 9.17) is 0 Å². The summed E-state index contributed by atoms with van der Waals surface area (Å²) in [5.74, 6) is 0. The fourth-order valence-corrected chi connectivity index (χ4v) is 6.47. The highest BCUT2D eigenvalue weighted by atomic mass is 14.8. The van der Waals surface area contributed by atoms with E-state index in [0.29, 0.717) is 0 Å². The van der Waals surface area contributed by atoms with Crippen molar-refractivity contribution in [3.63, 3.8) is 0 Å². The first kappa shape index (κ1) is 27.8. The van der Waals surface area contributed by atoms with Crippen LogP contribution in [0, 0.1) is 63.2 Å². The van der Waals surface area contributed by atoms with Gasteiger partial charge < -0.3 is 0 Å². The Morgan fingerprint density at radius 3 is 0.479 bits per heavy atom. The summed E-state index contributed by atoms with van der Waals surface area (Å²) in [4.78, 5) is 0. The van der Waals surface area contributed by atoms with Crippen molar-refractivity contribution in [1.82, 2.24) is 0 Å². The smallest absolute Gasteiger partial charge is 0.167 e. The van der Waals surface area contributed by atoms with Gasteiger partial charge in [-0.25, -0.2) is 0 Å². The average Bonchev–Trinajstić information content (AvgIpc) is 3.18. The molecule has 22 aliphatic rings. The second-order valence-electron chi connectivity index (χ2n) is 12.2. The monoisotopic (exact) mass is 616 g/mol. The molecule has 224 valence electrons. The van der Waals surface area contributed by atoms with Crippen LogP contribution in [0.2, 0.25) is 0 Å². The van der Waals surface area contributed by atoms with Crippen molar-refractivity contribution in [3.05, 3.63) is 258 Å². The number of pyridine rings is 4. The van der Waals surface area contributed by atoms with E-state index in [9.17, 15) is 0 Å². The quantitative estimate of drug-likeness (QED) is 0.201. The van der Waals surface area contributed by atoms with Crippen LogP contribution < -0.4 is 17.0 Å². The Morgan fingerprint density at radius 2 is 0.312 bits per heavy atom. The number of hydrogen-bond donors (Lipinski definition) is 0. The van der Waals surface area contributed by atoms with Crippen LogP contribution in [0.15, 0.2) is 195 Å². The van der Waals surface area contributed by atoms with Crippen molar-refractivity contribution in [2.75, 3.05) is 0 Å². The van der Waals surface area contributed by atoms with Gasteiger partial charge in [0, 0.05) is 97.1 Å². The molecular weight excluding hydrogens is 585 g/mol. The highest BCUT2D eigenvalue weighted by Crippen LogP contribution is 2.02. The normalized spacial score (nSPS) is 11.3. The summed E-state index contributed by atoms with van der Waals surface area (Å²) in [5.41, 5.74) is 0. The lowest BCUT2D eigenvalue weighted by Crippen LogP contribution is -2.17.